The van der Waals surface area contributed by atoms with Gasteiger partial charge in [0.15, 0.2) is 5.75 Å². The van der Waals surface area contributed by atoms with E-state index in [9.17, 15) is 9.90 Å². The van der Waals surface area contributed by atoms with E-state index in [4.69, 9.17) is 9.47 Å². The van der Waals surface area contributed by atoms with Gasteiger partial charge in [-0.25, -0.2) is 0 Å². The summed E-state index contributed by atoms with van der Waals surface area (Å²) in [4.78, 5) is 11.4. The van der Waals surface area contributed by atoms with Crippen molar-refractivity contribution in [2.45, 2.75) is 39.0 Å². The van der Waals surface area contributed by atoms with Gasteiger partial charge in [0.05, 0.1) is 22.0 Å². The molecule has 6 heteroatoms. The Labute approximate surface area is 205 Å². The lowest BCUT2D eigenvalue weighted by Crippen LogP contribution is -2.07. The van der Waals surface area contributed by atoms with Crippen LogP contribution in [0.25, 0.3) is 0 Å². The summed E-state index contributed by atoms with van der Waals surface area (Å²) in [6.07, 6.45) is 0.689. The van der Waals surface area contributed by atoms with E-state index in [2.05, 4.69) is 57.8 Å². The molecule has 0 fully saturated rings. The first-order valence-corrected chi connectivity index (χ1v) is 11.9. The molecule has 0 saturated heterocycles. The van der Waals surface area contributed by atoms with Crippen molar-refractivity contribution in [3.8, 4) is 17.2 Å². The van der Waals surface area contributed by atoms with Crippen LogP contribution < -0.4 is 9.47 Å². The van der Waals surface area contributed by atoms with E-state index >= 15 is 0 Å². The van der Waals surface area contributed by atoms with Crippen LogP contribution in [0, 0.1) is 0 Å². The van der Waals surface area contributed by atoms with Crippen LogP contribution in [-0.2, 0) is 11.2 Å². The first-order valence-electron chi connectivity index (χ1n) is 10.4. The summed E-state index contributed by atoms with van der Waals surface area (Å²) in [7, 11) is 1.68. The van der Waals surface area contributed by atoms with Gasteiger partial charge in [-0.05, 0) is 80.1 Å². The number of carboxylic acid groups (broad SMARTS) is 1. The van der Waals surface area contributed by atoms with E-state index in [1.54, 1.807) is 26.2 Å². The standard InChI is InChI=1S/C26H26Br2O4/c1-15(2)20-14-23(19(13-24(20)31-4)10-17-8-6-5-7-9-17)32-25-21(27)11-18(12-22(25)28)16(3)26(29)30/h5-9,11-16H,10H2,1-4H3,(H,29,30). The molecule has 0 heterocycles. The van der Waals surface area contributed by atoms with Gasteiger partial charge in [0.2, 0.25) is 0 Å². The quantitative estimate of drug-likeness (QED) is 0.303. The second-order valence-corrected chi connectivity index (χ2v) is 9.70. The Hall–Kier alpha value is -2.31. The molecule has 0 bridgehead atoms. The molecule has 0 aliphatic carbocycles. The number of hydrogen-bond donors (Lipinski definition) is 1. The van der Waals surface area contributed by atoms with Gasteiger partial charge in [-0.1, -0.05) is 44.2 Å². The molecule has 3 rings (SSSR count). The second kappa shape index (κ2) is 10.5. The number of benzene rings is 3. The molecule has 168 valence electrons. The first-order chi connectivity index (χ1) is 15.2. The Balaban J connectivity index is 2.08. The van der Waals surface area contributed by atoms with Crippen LogP contribution in [0.1, 0.15) is 54.9 Å². The molecule has 32 heavy (non-hydrogen) atoms. The number of halogens is 2. The highest BCUT2D eigenvalue weighted by Crippen LogP contribution is 2.42. The smallest absolute Gasteiger partial charge is 0.310 e. The Morgan fingerprint density at radius 2 is 1.59 bits per heavy atom. The minimum Gasteiger partial charge on any atom is -0.496 e. The van der Waals surface area contributed by atoms with Gasteiger partial charge >= 0.3 is 5.97 Å². The van der Waals surface area contributed by atoms with Crippen molar-refractivity contribution in [3.05, 3.63) is 85.8 Å². The van der Waals surface area contributed by atoms with Crippen molar-refractivity contribution in [2.24, 2.45) is 0 Å². The van der Waals surface area contributed by atoms with Gasteiger partial charge in [0, 0.05) is 17.5 Å². The molecule has 3 aromatic rings. The normalized spacial score (nSPS) is 12.0. The number of carboxylic acids is 1. The van der Waals surface area contributed by atoms with Crippen LogP contribution in [0.2, 0.25) is 0 Å². The molecule has 0 aliphatic rings. The maximum atomic E-state index is 11.4. The molecule has 4 nitrogen and oxygen atoms in total. The predicted octanol–water partition coefficient (Wildman–Crippen LogP) is 7.91. The van der Waals surface area contributed by atoms with E-state index < -0.39 is 11.9 Å². The minimum atomic E-state index is -0.876. The summed E-state index contributed by atoms with van der Waals surface area (Å²) in [6.45, 7) is 5.90. The van der Waals surface area contributed by atoms with Crippen molar-refractivity contribution >= 4 is 37.8 Å². The molecule has 0 radical (unpaired) electrons. The number of methoxy groups -OCH3 is 1. The average molecular weight is 562 g/mol. The summed E-state index contributed by atoms with van der Waals surface area (Å²) in [5.74, 6) is 0.920. The SMILES string of the molecule is COc1cc(Cc2ccccc2)c(Oc2c(Br)cc(C(C)C(=O)O)cc2Br)cc1C(C)C. The lowest BCUT2D eigenvalue weighted by Gasteiger charge is -2.20. The fraction of sp³-hybridized carbons (Fsp3) is 0.269. The molecule has 0 saturated carbocycles. The zero-order valence-electron chi connectivity index (χ0n) is 18.5. The average Bonchev–Trinajstić information content (AvgIpc) is 2.76. The van der Waals surface area contributed by atoms with Crippen molar-refractivity contribution in [3.63, 3.8) is 0 Å². The van der Waals surface area contributed by atoms with Crippen molar-refractivity contribution in [1.82, 2.24) is 0 Å². The Morgan fingerprint density at radius 3 is 2.12 bits per heavy atom. The molecule has 1 atom stereocenters. The van der Waals surface area contributed by atoms with Gasteiger partial charge in [0.25, 0.3) is 0 Å². The topological polar surface area (TPSA) is 55.8 Å². The molecule has 0 aromatic heterocycles. The zero-order valence-corrected chi connectivity index (χ0v) is 21.7. The van der Waals surface area contributed by atoms with E-state index in [1.807, 2.05) is 30.3 Å². The van der Waals surface area contributed by atoms with Crippen LogP contribution in [0.4, 0.5) is 0 Å². The minimum absolute atomic E-state index is 0.253. The number of ether oxygens (including phenoxy) is 2. The van der Waals surface area contributed by atoms with Crippen LogP contribution in [0.15, 0.2) is 63.5 Å². The van der Waals surface area contributed by atoms with E-state index in [1.165, 1.54) is 5.56 Å². The van der Waals surface area contributed by atoms with Crippen LogP contribution in [0.3, 0.4) is 0 Å². The maximum Gasteiger partial charge on any atom is 0.310 e. The molecule has 1 unspecified atom stereocenters. The zero-order chi connectivity index (χ0) is 23.4. The molecule has 0 spiro atoms. The molecule has 3 aromatic carbocycles. The third kappa shape index (κ3) is 5.54. The Kier molecular flexibility index (Phi) is 8.01. The third-order valence-electron chi connectivity index (χ3n) is 5.38. The van der Waals surface area contributed by atoms with Crippen molar-refractivity contribution in [1.29, 1.82) is 0 Å². The number of aliphatic carboxylic acids is 1. The fourth-order valence-corrected chi connectivity index (χ4v) is 4.86. The van der Waals surface area contributed by atoms with E-state index in [0.717, 1.165) is 22.6 Å². The van der Waals surface area contributed by atoms with Gasteiger partial charge in [-0.15, -0.1) is 0 Å². The predicted molar refractivity (Wildman–Crippen MR) is 134 cm³/mol. The van der Waals surface area contributed by atoms with E-state index in [0.29, 0.717) is 26.7 Å². The number of hydrogen-bond acceptors (Lipinski definition) is 3. The monoisotopic (exact) mass is 560 g/mol. The number of rotatable bonds is 8. The molecule has 0 amide bonds. The molecular formula is C26H26Br2O4. The highest BCUT2D eigenvalue weighted by atomic mass is 79.9. The van der Waals surface area contributed by atoms with Crippen LogP contribution in [-0.4, -0.2) is 18.2 Å². The summed E-state index contributed by atoms with van der Waals surface area (Å²) in [6, 6.07) is 17.9. The fourth-order valence-electron chi connectivity index (χ4n) is 3.47. The van der Waals surface area contributed by atoms with Gasteiger partial charge in [0.1, 0.15) is 11.5 Å². The third-order valence-corrected chi connectivity index (χ3v) is 6.55. The number of carbonyl (C=O) groups is 1. The Morgan fingerprint density at radius 1 is 0.969 bits per heavy atom. The first kappa shape index (κ1) is 24.3. The van der Waals surface area contributed by atoms with Crippen molar-refractivity contribution in [2.75, 3.05) is 7.11 Å². The van der Waals surface area contributed by atoms with E-state index in [-0.39, 0.29) is 5.92 Å². The van der Waals surface area contributed by atoms with Crippen LogP contribution in [0.5, 0.6) is 17.2 Å². The lowest BCUT2D eigenvalue weighted by atomic mass is 9.96. The maximum absolute atomic E-state index is 11.4. The summed E-state index contributed by atoms with van der Waals surface area (Å²) < 4.78 is 13.5. The summed E-state index contributed by atoms with van der Waals surface area (Å²) in [5, 5.41) is 9.36. The van der Waals surface area contributed by atoms with Gasteiger partial charge in [-0.2, -0.15) is 0 Å². The van der Waals surface area contributed by atoms with Crippen LogP contribution >= 0.6 is 31.9 Å². The van der Waals surface area contributed by atoms with Gasteiger partial charge < -0.3 is 14.6 Å². The summed E-state index contributed by atoms with van der Waals surface area (Å²) in [5.41, 5.74) is 3.91. The second-order valence-electron chi connectivity index (χ2n) is 7.99. The highest BCUT2D eigenvalue weighted by molar-refractivity contribution is 9.11. The highest BCUT2D eigenvalue weighted by Gasteiger charge is 2.20. The van der Waals surface area contributed by atoms with Crippen molar-refractivity contribution < 1.29 is 19.4 Å². The summed E-state index contributed by atoms with van der Waals surface area (Å²) >= 11 is 7.13. The lowest BCUT2D eigenvalue weighted by molar-refractivity contribution is -0.138. The molecular weight excluding hydrogens is 536 g/mol. The largest absolute Gasteiger partial charge is 0.496 e. The molecule has 1 N–H and O–H groups in total. The molecule has 0 aliphatic heterocycles. The Bertz CT molecular complexity index is 1090. The van der Waals surface area contributed by atoms with Gasteiger partial charge in [-0.3, -0.25) is 4.79 Å².